The van der Waals surface area contributed by atoms with Crippen molar-refractivity contribution >= 4 is 23.2 Å². The summed E-state index contributed by atoms with van der Waals surface area (Å²) in [5, 5.41) is 2.12. The van der Waals surface area contributed by atoms with Gasteiger partial charge in [-0.3, -0.25) is 9.59 Å². The van der Waals surface area contributed by atoms with Crippen LogP contribution in [0.5, 0.6) is 5.75 Å². The highest BCUT2D eigenvalue weighted by atomic mass is 32.1. The van der Waals surface area contributed by atoms with E-state index in [4.69, 9.17) is 4.74 Å². The second-order valence-electron chi connectivity index (χ2n) is 8.79. The number of hydrogen-bond acceptors (Lipinski definition) is 4. The summed E-state index contributed by atoms with van der Waals surface area (Å²) in [5.74, 6) is 0.539. The van der Waals surface area contributed by atoms with E-state index in [0.29, 0.717) is 17.9 Å². The Bertz CT molecular complexity index is 1180. The molecule has 2 aliphatic rings. The van der Waals surface area contributed by atoms with Gasteiger partial charge < -0.3 is 14.5 Å². The van der Waals surface area contributed by atoms with Crippen LogP contribution in [-0.4, -0.2) is 47.9 Å². The van der Waals surface area contributed by atoms with Crippen molar-refractivity contribution in [2.45, 2.75) is 38.3 Å². The standard InChI is InChI=1S/C27H28N2O3S/c1-18-6-3-4-9-22(18)26-23-13-15-33-24(23)12-14-28(26)25(30)17-29(20-10-11-20)27(31)19-7-5-8-21(16-19)32-2/h3-9,13,15-16,20,26H,10-12,14,17H2,1-2H3/t26-/m1/s1. The van der Waals surface area contributed by atoms with Crippen LogP contribution in [0.3, 0.4) is 0 Å². The SMILES string of the molecule is COc1cccc(C(=O)N(CC(=O)N2CCc3sccc3[C@H]2c2ccccc2C)C2CC2)c1. The molecule has 5 rings (SSSR count). The Morgan fingerprint density at radius 2 is 1.91 bits per heavy atom. The Morgan fingerprint density at radius 3 is 2.67 bits per heavy atom. The molecule has 0 unspecified atom stereocenters. The van der Waals surface area contributed by atoms with Gasteiger partial charge in [-0.15, -0.1) is 11.3 Å². The summed E-state index contributed by atoms with van der Waals surface area (Å²) < 4.78 is 5.29. The molecule has 2 heterocycles. The highest BCUT2D eigenvalue weighted by Crippen LogP contribution is 2.39. The average Bonchev–Trinajstić information content (AvgIpc) is 3.57. The van der Waals surface area contributed by atoms with Gasteiger partial charge in [-0.1, -0.05) is 30.3 Å². The van der Waals surface area contributed by atoms with Crippen LogP contribution in [0.4, 0.5) is 0 Å². The van der Waals surface area contributed by atoms with E-state index in [0.717, 1.165) is 24.8 Å². The first kappa shape index (κ1) is 21.7. The van der Waals surface area contributed by atoms with Crippen molar-refractivity contribution in [3.8, 4) is 5.75 Å². The predicted octanol–water partition coefficient (Wildman–Crippen LogP) is 4.84. The zero-order valence-electron chi connectivity index (χ0n) is 19.0. The number of ether oxygens (including phenoxy) is 1. The predicted molar refractivity (Wildman–Crippen MR) is 130 cm³/mol. The summed E-state index contributed by atoms with van der Waals surface area (Å²) >= 11 is 1.76. The molecule has 0 N–H and O–H groups in total. The van der Waals surface area contributed by atoms with E-state index >= 15 is 0 Å². The third-order valence-electron chi connectivity index (χ3n) is 6.64. The fraction of sp³-hybridized carbons (Fsp3) is 0.333. The van der Waals surface area contributed by atoms with Gasteiger partial charge in [0.15, 0.2) is 0 Å². The number of fused-ring (bicyclic) bond motifs is 1. The molecule has 2 aromatic carbocycles. The molecule has 33 heavy (non-hydrogen) atoms. The molecule has 2 amide bonds. The number of rotatable bonds is 6. The molecule has 1 fully saturated rings. The van der Waals surface area contributed by atoms with Crippen LogP contribution < -0.4 is 4.74 Å². The van der Waals surface area contributed by atoms with E-state index in [1.54, 1.807) is 35.5 Å². The molecular weight excluding hydrogens is 432 g/mol. The van der Waals surface area contributed by atoms with Gasteiger partial charge in [0.25, 0.3) is 5.91 Å². The summed E-state index contributed by atoms with van der Waals surface area (Å²) in [6, 6.07) is 17.6. The number of nitrogens with zero attached hydrogens (tertiary/aromatic N) is 2. The van der Waals surface area contributed by atoms with E-state index in [1.165, 1.54) is 16.0 Å². The number of methoxy groups -OCH3 is 1. The van der Waals surface area contributed by atoms with E-state index < -0.39 is 0 Å². The molecule has 1 aromatic heterocycles. The van der Waals surface area contributed by atoms with Gasteiger partial charge in [0.1, 0.15) is 12.3 Å². The minimum atomic E-state index is -0.110. The normalized spacial score (nSPS) is 17.4. The minimum absolute atomic E-state index is 0.00301. The number of aryl methyl sites for hydroxylation is 1. The van der Waals surface area contributed by atoms with Crippen molar-refractivity contribution in [1.29, 1.82) is 0 Å². The van der Waals surface area contributed by atoms with Gasteiger partial charge in [0.2, 0.25) is 5.91 Å². The van der Waals surface area contributed by atoms with E-state index in [2.05, 4.69) is 30.5 Å². The number of hydrogen-bond donors (Lipinski definition) is 0. The molecule has 5 nitrogen and oxygen atoms in total. The molecule has 0 saturated heterocycles. The van der Waals surface area contributed by atoms with Gasteiger partial charge in [0, 0.05) is 23.0 Å². The van der Waals surface area contributed by atoms with Gasteiger partial charge >= 0.3 is 0 Å². The molecule has 0 radical (unpaired) electrons. The Morgan fingerprint density at radius 1 is 1.09 bits per heavy atom. The van der Waals surface area contributed by atoms with Crippen molar-refractivity contribution in [3.63, 3.8) is 0 Å². The first-order chi connectivity index (χ1) is 16.1. The number of thiophene rings is 1. The van der Waals surface area contributed by atoms with Crippen molar-refractivity contribution < 1.29 is 14.3 Å². The third kappa shape index (κ3) is 4.27. The summed E-state index contributed by atoms with van der Waals surface area (Å²) in [6.07, 6.45) is 2.74. The molecule has 170 valence electrons. The van der Waals surface area contributed by atoms with Crippen LogP contribution in [0.25, 0.3) is 0 Å². The molecular formula is C27H28N2O3S. The highest BCUT2D eigenvalue weighted by Gasteiger charge is 2.38. The number of amides is 2. The Kier molecular flexibility index (Phi) is 5.94. The fourth-order valence-electron chi connectivity index (χ4n) is 4.73. The lowest BCUT2D eigenvalue weighted by Gasteiger charge is -2.38. The van der Waals surface area contributed by atoms with E-state index in [9.17, 15) is 9.59 Å². The van der Waals surface area contributed by atoms with Crippen molar-refractivity contribution in [3.05, 3.63) is 87.1 Å². The zero-order chi connectivity index (χ0) is 22.9. The maximum Gasteiger partial charge on any atom is 0.254 e. The van der Waals surface area contributed by atoms with Crippen LogP contribution in [-0.2, 0) is 11.2 Å². The van der Waals surface area contributed by atoms with Gasteiger partial charge in [-0.2, -0.15) is 0 Å². The zero-order valence-corrected chi connectivity index (χ0v) is 19.8. The lowest BCUT2D eigenvalue weighted by Crippen LogP contribution is -2.47. The molecule has 1 atom stereocenters. The lowest BCUT2D eigenvalue weighted by molar-refractivity contribution is -0.134. The molecule has 3 aromatic rings. The number of carbonyl (C=O) groups is 2. The average molecular weight is 461 g/mol. The summed E-state index contributed by atoms with van der Waals surface area (Å²) in [7, 11) is 1.59. The highest BCUT2D eigenvalue weighted by molar-refractivity contribution is 7.10. The minimum Gasteiger partial charge on any atom is -0.497 e. The Hall–Kier alpha value is -3.12. The Labute approximate surface area is 198 Å². The maximum atomic E-state index is 13.7. The van der Waals surface area contributed by atoms with Crippen molar-refractivity contribution in [1.82, 2.24) is 9.80 Å². The van der Waals surface area contributed by atoms with Gasteiger partial charge in [-0.05, 0) is 72.5 Å². The quantitative estimate of drug-likeness (QED) is 0.529. The van der Waals surface area contributed by atoms with Gasteiger partial charge in [-0.25, -0.2) is 0 Å². The molecule has 0 spiro atoms. The topological polar surface area (TPSA) is 49.9 Å². The summed E-state index contributed by atoms with van der Waals surface area (Å²) in [5.41, 5.74) is 4.10. The van der Waals surface area contributed by atoms with Crippen LogP contribution in [0.2, 0.25) is 0 Å². The fourth-order valence-corrected chi connectivity index (χ4v) is 5.63. The molecule has 1 aliphatic carbocycles. The van der Waals surface area contributed by atoms with E-state index in [-0.39, 0.29) is 30.4 Å². The summed E-state index contributed by atoms with van der Waals surface area (Å²) in [4.78, 5) is 32.2. The number of benzene rings is 2. The molecule has 6 heteroatoms. The van der Waals surface area contributed by atoms with E-state index in [1.807, 2.05) is 29.2 Å². The van der Waals surface area contributed by atoms with Crippen LogP contribution >= 0.6 is 11.3 Å². The largest absolute Gasteiger partial charge is 0.497 e. The van der Waals surface area contributed by atoms with Gasteiger partial charge in [0.05, 0.1) is 13.2 Å². The smallest absolute Gasteiger partial charge is 0.254 e. The van der Waals surface area contributed by atoms with Crippen molar-refractivity contribution in [2.75, 3.05) is 20.2 Å². The maximum absolute atomic E-state index is 13.7. The second-order valence-corrected chi connectivity index (χ2v) is 9.79. The molecule has 1 saturated carbocycles. The first-order valence-electron chi connectivity index (χ1n) is 11.4. The van der Waals surface area contributed by atoms with Crippen LogP contribution in [0, 0.1) is 6.92 Å². The Balaban J connectivity index is 1.43. The lowest BCUT2D eigenvalue weighted by atomic mass is 9.90. The van der Waals surface area contributed by atoms with Crippen LogP contribution in [0.1, 0.15) is 50.8 Å². The monoisotopic (exact) mass is 460 g/mol. The molecule has 0 bridgehead atoms. The second kappa shape index (κ2) is 9.02. The first-order valence-corrected chi connectivity index (χ1v) is 12.3. The molecule has 1 aliphatic heterocycles. The number of carbonyl (C=O) groups excluding carboxylic acids is 2. The third-order valence-corrected chi connectivity index (χ3v) is 7.64. The summed E-state index contributed by atoms with van der Waals surface area (Å²) in [6.45, 7) is 2.86. The van der Waals surface area contributed by atoms with Crippen molar-refractivity contribution in [2.24, 2.45) is 0 Å². The van der Waals surface area contributed by atoms with Crippen LogP contribution in [0.15, 0.2) is 60.0 Å².